The van der Waals surface area contributed by atoms with Crippen LogP contribution < -0.4 is 5.32 Å². The molecule has 7 heteroatoms. The number of halogens is 2. The highest BCUT2D eigenvalue weighted by molar-refractivity contribution is 9.11. The third-order valence-corrected chi connectivity index (χ3v) is 3.83. The van der Waals surface area contributed by atoms with E-state index in [9.17, 15) is 14.7 Å². The molecule has 0 spiro atoms. The van der Waals surface area contributed by atoms with Crippen molar-refractivity contribution in [2.45, 2.75) is 26.8 Å². The zero-order valence-electron chi connectivity index (χ0n) is 11.4. The van der Waals surface area contributed by atoms with Gasteiger partial charge in [-0.1, -0.05) is 15.9 Å². The van der Waals surface area contributed by atoms with Gasteiger partial charge in [-0.15, -0.1) is 0 Å². The number of hydrogen-bond donors (Lipinski definition) is 2. The minimum atomic E-state index is -1.10. The lowest BCUT2D eigenvalue weighted by Gasteiger charge is -2.26. The minimum Gasteiger partial charge on any atom is -0.478 e. The molecule has 2 amide bonds. The van der Waals surface area contributed by atoms with Crippen LogP contribution in [0.3, 0.4) is 0 Å². The van der Waals surface area contributed by atoms with Crippen LogP contribution in [-0.4, -0.2) is 34.6 Å². The zero-order chi connectivity index (χ0) is 15.4. The second kappa shape index (κ2) is 7.08. The second-order valence-corrected chi connectivity index (χ2v) is 6.20. The number of nitrogens with one attached hydrogen (secondary N) is 1. The van der Waals surface area contributed by atoms with Crippen LogP contribution in [-0.2, 0) is 0 Å². The number of carboxylic acid groups (broad SMARTS) is 1. The maximum absolute atomic E-state index is 12.2. The highest BCUT2D eigenvalue weighted by Crippen LogP contribution is 2.31. The van der Waals surface area contributed by atoms with Crippen LogP contribution in [0, 0.1) is 0 Å². The molecule has 0 unspecified atom stereocenters. The lowest BCUT2D eigenvalue weighted by atomic mass is 10.2. The highest BCUT2D eigenvalue weighted by Gasteiger charge is 2.20. The van der Waals surface area contributed by atoms with Gasteiger partial charge in [0.1, 0.15) is 0 Å². The maximum Gasteiger partial charge on any atom is 0.337 e. The van der Waals surface area contributed by atoms with E-state index in [0.717, 1.165) is 0 Å². The predicted octanol–water partition coefficient (Wildman–Crippen LogP) is 4.17. The summed E-state index contributed by atoms with van der Waals surface area (Å²) in [5.41, 5.74) is 0.282. The molecule has 0 aliphatic rings. The summed E-state index contributed by atoms with van der Waals surface area (Å²) < 4.78 is 1.13. The van der Waals surface area contributed by atoms with Crippen LogP contribution in [0.15, 0.2) is 21.1 Å². The summed E-state index contributed by atoms with van der Waals surface area (Å²) in [5, 5.41) is 11.9. The summed E-state index contributed by atoms with van der Waals surface area (Å²) >= 11 is 6.51. The Kier molecular flexibility index (Phi) is 6.01. The number of nitrogens with zero attached hydrogens (tertiary/aromatic N) is 1. The summed E-state index contributed by atoms with van der Waals surface area (Å²) in [4.78, 5) is 25.1. The van der Waals surface area contributed by atoms with E-state index >= 15 is 0 Å². The number of benzene rings is 1. The number of amides is 2. The average Bonchev–Trinajstić information content (AvgIpc) is 2.32. The van der Waals surface area contributed by atoms with Crippen LogP contribution in [0.25, 0.3) is 0 Å². The van der Waals surface area contributed by atoms with Crippen LogP contribution in [0.4, 0.5) is 10.5 Å². The van der Waals surface area contributed by atoms with Gasteiger partial charge in [-0.2, -0.15) is 0 Å². The molecule has 0 bridgehead atoms. The number of hydrogen-bond acceptors (Lipinski definition) is 2. The van der Waals surface area contributed by atoms with Crippen molar-refractivity contribution in [1.82, 2.24) is 4.90 Å². The van der Waals surface area contributed by atoms with Crippen molar-refractivity contribution in [2.24, 2.45) is 0 Å². The number of urea groups is 1. The summed E-state index contributed by atoms with van der Waals surface area (Å²) in [6, 6.07) is 2.85. The predicted molar refractivity (Wildman–Crippen MR) is 85.3 cm³/mol. The average molecular weight is 408 g/mol. The number of anilines is 1. The van der Waals surface area contributed by atoms with Crippen LogP contribution in [0.2, 0.25) is 0 Å². The third-order valence-electron chi connectivity index (χ3n) is 2.74. The zero-order valence-corrected chi connectivity index (χ0v) is 14.6. The van der Waals surface area contributed by atoms with Gasteiger partial charge in [0.05, 0.1) is 11.3 Å². The summed E-state index contributed by atoms with van der Waals surface area (Å²) in [5.74, 6) is -1.10. The molecule has 1 rings (SSSR count). The van der Waals surface area contributed by atoms with Gasteiger partial charge in [-0.3, -0.25) is 0 Å². The van der Waals surface area contributed by atoms with Crippen molar-refractivity contribution >= 4 is 49.5 Å². The van der Waals surface area contributed by atoms with Crippen molar-refractivity contribution < 1.29 is 14.7 Å². The lowest BCUT2D eigenvalue weighted by molar-refractivity contribution is 0.0698. The molecule has 1 aromatic carbocycles. The number of rotatable bonds is 4. The van der Waals surface area contributed by atoms with Crippen LogP contribution in [0.5, 0.6) is 0 Å². The van der Waals surface area contributed by atoms with Crippen molar-refractivity contribution in [3.05, 3.63) is 26.6 Å². The van der Waals surface area contributed by atoms with Crippen LogP contribution in [0.1, 0.15) is 31.1 Å². The van der Waals surface area contributed by atoms with Gasteiger partial charge in [0.15, 0.2) is 0 Å². The van der Waals surface area contributed by atoms with Gasteiger partial charge in [0.2, 0.25) is 0 Å². The third kappa shape index (κ3) is 3.96. The molecule has 0 heterocycles. The first kappa shape index (κ1) is 17.0. The van der Waals surface area contributed by atoms with E-state index in [-0.39, 0.29) is 23.3 Å². The number of carbonyl (C=O) groups excluding carboxylic acids is 1. The van der Waals surface area contributed by atoms with Crippen molar-refractivity contribution in [2.75, 3.05) is 11.9 Å². The molecule has 0 radical (unpaired) electrons. The number of aromatic carboxylic acids is 1. The molecule has 2 N–H and O–H groups in total. The fourth-order valence-corrected chi connectivity index (χ4v) is 3.12. The Labute approximate surface area is 134 Å². The molecule has 0 fully saturated rings. The Morgan fingerprint density at radius 3 is 2.40 bits per heavy atom. The summed E-state index contributed by atoms with van der Waals surface area (Å²) in [7, 11) is 0. The molecule has 0 atom stereocenters. The summed E-state index contributed by atoms with van der Waals surface area (Å²) in [6.45, 7) is 6.21. The first-order valence-electron chi connectivity index (χ1n) is 6.07. The number of carbonyl (C=O) groups is 2. The molecule has 1 aromatic rings. The molecule has 0 aliphatic heterocycles. The Morgan fingerprint density at radius 2 is 1.95 bits per heavy atom. The van der Waals surface area contributed by atoms with Gasteiger partial charge in [-0.25, -0.2) is 9.59 Å². The van der Waals surface area contributed by atoms with E-state index in [2.05, 4.69) is 37.2 Å². The molecule has 0 saturated carbocycles. The van der Waals surface area contributed by atoms with E-state index in [4.69, 9.17) is 0 Å². The largest absolute Gasteiger partial charge is 0.478 e. The smallest absolute Gasteiger partial charge is 0.337 e. The molecule has 0 aliphatic carbocycles. The van der Waals surface area contributed by atoms with Gasteiger partial charge in [-0.05, 0) is 48.8 Å². The van der Waals surface area contributed by atoms with Crippen molar-refractivity contribution in [3.8, 4) is 0 Å². The lowest BCUT2D eigenvalue weighted by Crippen LogP contribution is -2.40. The van der Waals surface area contributed by atoms with Gasteiger partial charge >= 0.3 is 12.0 Å². The van der Waals surface area contributed by atoms with Gasteiger partial charge in [0.25, 0.3) is 0 Å². The van der Waals surface area contributed by atoms with E-state index in [1.54, 1.807) is 11.0 Å². The molecule has 20 heavy (non-hydrogen) atoms. The van der Waals surface area contributed by atoms with E-state index in [1.807, 2.05) is 20.8 Å². The maximum atomic E-state index is 12.2. The second-order valence-electron chi connectivity index (χ2n) is 4.43. The quantitative estimate of drug-likeness (QED) is 0.786. The summed E-state index contributed by atoms with van der Waals surface area (Å²) in [6.07, 6.45) is 0. The minimum absolute atomic E-state index is 0.0272. The molecule has 110 valence electrons. The molecule has 0 aromatic heterocycles. The monoisotopic (exact) mass is 406 g/mol. The van der Waals surface area contributed by atoms with Gasteiger partial charge in [0, 0.05) is 21.5 Å². The SMILES string of the molecule is CCN(C(=O)Nc1c(Br)cc(Br)cc1C(=O)O)C(C)C. The molecular formula is C13H16Br2N2O3. The van der Waals surface area contributed by atoms with Crippen LogP contribution >= 0.6 is 31.9 Å². The fraction of sp³-hybridized carbons (Fsp3) is 0.385. The Bertz CT molecular complexity index is 533. The first-order valence-corrected chi connectivity index (χ1v) is 7.66. The fourth-order valence-electron chi connectivity index (χ4n) is 1.79. The Balaban J connectivity index is 3.15. The molecular weight excluding hydrogens is 392 g/mol. The van der Waals surface area contributed by atoms with E-state index < -0.39 is 5.97 Å². The Morgan fingerprint density at radius 1 is 1.35 bits per heavy atom. The topological polar surface area (TPSA) is 69.6 Å². The van der Waals surface area contributed by atoms with E-state index in [0.29, 0.717) is 15.5 Å². The van der Waals surface area contributed by atoms with Crippen molar-refractivity contribution in [3.63, 3.8) is 0 Å². The Hall–Kier alpha value is -1.08. The highest BCUT2D eigenvalue weighted by atomic mass is 79.9. The number of carboxylic acids is 1. The molecule has 0 saturated heterocycles. The molecule has 5 nitrogen and oxygen atoms in total. The standard InChI is InChI=1S/C13H16Br2N2O3/c1-4-17(7(2)3)13(20)16-11-9(12(18)19)5-8(14)6-10(11)15/h5-7H,4H2,1-3H3,(H,16,20)(H,18,19). The normalized spacial score (nSPS) is 10.5. The van der Waals surface area contributed by atoms with E-state index in [1.165, 1.54) is 6.07 Å². The van der Waals surface area contributed by atoms with Gasteiger partial charge < -0.3 is 15.3 Å². The first-order chi connectivity index (χ1) is 9.27. The van der Waals surface area contributed by atoms with Crippen molar-refractivity contribution in [1.29, 1.82) is 0 Å².